The van der Waals surface area contributed by atoms with E-state index in [0.717, 1.165) is 30.9 Å². The molecule has 7 nitrogen and oxygen atoms in total. The Bertz CT molecular complexity index is 987. The highest BCUT2D eigenvalue weighted by Crippen LogP contribution is 2.30. The summed E-state index contributed by atoms with van der Waals surface area (Å²) in [5.74, 6) is 0.0192. The number of carbonyl (C=O) groups is 2. The van der Waals surface area contributed by atoms with Gasteiger partial charge in [-0.15, -0.1) is 0 Å². The number of urea groups is 1. The zero-order valence-corrected chi connectivity index (χ0v) is 19.3. The molecule has 0 unspecified atom stereocenters. The fraction of sp³-hybridized carbons (Fsp3) is 0.440. The van der Waals surface area contributed by atoms with Crippen LogP contribution in [0.15, 0.2) is 54.6 Å². The molecule has 0 aromatic heterocycles. The first kappa shape index (κ1) is 25.0. The van der Waals surface area contributed by atoms with Gasteiger partial charge in [-0.2, -0.15) is 13.2 Å². The number of morpholine rings is 1. The third kappa shape index (κ3) is 6.52. The third-order valence-corrected chi connectivity index (χ3v) is 6.35. The van der Waals surface area contributed by atoms with Crippen LogP contribution in [0.3, 0.4) is 0 Å². The fourth-order valence-electron chi connectivity index (χ4n) is 4.45. The molecule has 10 heteroatoms. The van der Waals surface area contributed by atoms with Gasteiger partial charge >= 0.3 is 12.2 Å². The maximum Gasteiger partial charge on any atom is 0.416 e. The maximum absolute atomic E-state index is 13.3. The van der Waals surface area contributed by atoms with Crippen molar-refractivity contribution < 1.29 is 27.5 Å². The lowest BCUT2D eigenvalue weighted by Crippen LogP contribution is -2.52. The van der Waals surface area contributed by atoms with Crippen molar-refractivity contribution in [3.8, 4) is 0 Å². The average Bonchev–Trinajstić information content (AvgIpc) is 2.86. The summed E-state index contributed by atoms with van der Waals surface area (Å²) in [6.45, 7) is 3.85. The number of ether oxygens (including phenoxy) is 1. The largest absolute Gasteiger partial charge is 0.416 e. The highest BCUT2D eigenvalue weighted by Gasteiger charge is 2.32. The van der Waals surface area contributed by atoms with Crippen molar-refractivity contribution in [1.29, 1.82) is 0 Å². The minimum Gasteiger partial charge on any atom is -0.379 e. The zero-order valence-electron chi connectivity index (χ0n) is 19.3. The number of likely N-dealkylation sites (tertiary alicyclic amines) is 1. The van der Waals surface area contributed by atoms with Crippen molar-refractivity contribution >= 4 is 23.3 Å². The zero-order chi connectivity index (χ0) is 24.8. The quantitative estimate of drug-likeness (QED) is 0.687. The van der Waals surface area contributed by atoms with Gasteiger partial charge < -0.3 is 19.9 Å². The molecule has 2 fully saturated rings. The molecule has 1 N–H and O–H groups in total. The van der Waals surface area contributed by atoms with E-state index in [1.165, 1.54) is 12.1 Å². The van der Waals surface area contributed by atoms with Gasteiger partial charge in [0.2, 0.25) is 5.91 Å². The number of hydrogen-bond donors (Lipinski definition) is 1. The molecule has 2 aliphatic heterocycles. The number of hydrogen-bond acceptors (Lipinski definition) is 4. The molecular formula is C25H29F3N4O3. The van der Waals surface area contributed by atoms with Gasteiger partial charge in [0.25, 0.3) is 0 Å². The summed E-state index contributed by atoms with van der Waals surface area (Å²) < 4.78 is 43.6. The Kier molecular flexibility index (Phi) is 7.92. The first-order chi connectivity index (χ1) is 16.8. The molecule has 2 aliphatic rings. The lowest BCUT2D eigenvalue weighted by Gasteiger charge is -2.39. The molecule has 2 heterocycles. The van der Waals surface area contributed by atoms with Crippen LogP contribution in [0.2, 0.25) is 0 Å². The number of nitrogens with one attached hydrogen (secondary N) is 1. The van der Waals surface area contributed by atoms with Gasteiger partial charge in [0.1, 0.15) is 0 Å². The van der Waals surface area contributed by atoms with Gasteiger partial charge in [0.15, 0.2) is 0 Å². The number of amides is 3. The Morgan fingerprint density at radius 3 is 2.17 bits per heavy atom. The van der Waals surface area contributed by atoms with Gasteiger partial charge in [0.05, 0.1) is 25.3 Å². The molecule has 188 valence electrons. The predicted octanol–water partition coefficient (Wildman–Crippen LogP) is 4.07. The summed E-state index contributed by atoms with van der Waals surface area (Å²) in [6.07, 6.45) is -3.22. The number of halogens is 3. The smallest absolute Gasteiger partial charge is 0.379 e. The molecule has 0 bridgehead atoms. The van der Waals surface area contributed by atoms with E-state index >= 15 is 0 Å². The van der Waals surface area contributed by atoms with Crippen LogP contribution in [-0.4, -0.2) is 73.7 Å². The second kappa shape index (κ2) is 11.1. The number of alkyl halides is 3. The van der Waals surface area contributed by atoms with Crippen molar-refractivity contribution in [3.05, 3.63) is 60.2 Å². The molecule has 0 spiro atoms. The average molecular weight is 491 g/mol. The fourth-order valence-corrected chi connectivity index (χ4v) is 4.45. The minimum atomic E-state index is -4.42. The number of rotatable bonds is 5. The van der Waals surface area contributed by atoms with E-state index < -0.39 is 11.7 Å². The molecule has 0 atom stereocenters. The number of carbonyl (C=O) groups excluding carboxylic acids is 2. The Morgan fingerprint density at radius 2 is 1.57 bits per heavy atom. The number of para-hydroxylation sites is 1. The second-order valence-corrected chi connectivity index (χ2v) is 8.71. The monoisotopic (exact) mass is 490 g/mol. The van der Waals surface area contributed by atoms with Crippen LogP contribution in [0.25, 0.3) is 0 Å². The van der Waals surface area contributed by atoms with Gasteiger partial charge in [-0.25, -0.2) is 4.79 Å². The van der Waals surface area contributed by atoms with Gasteiger partial charge in [-0.05, 0) is 49.2 Å². The second-order valence-electron chi connectivity index (χ2n) is 8.71. The highest BCUT2D eigenvalue weighted by molar-refractivity contribution is 5.95. The molecular weight excluding hydrogens is 461 g/mol. The topological polar surface area (TPSA) is 65.1 Å². The van der Waals surface area contributed by atoms with E-state index in [0.29, 0.717) is 51.4 Å². The van der Waals surface area contributed by atoms with E-state index in [-0.39, 0.29) is 18.0 Å². The summed E-state index contributed by atoms with van der Waals surface area (Å²) in [6, 6.07) is 13.5. The van der Waals surface area contributed by atoms with Gasteiger partial charge in [0, 0.05) is 43.6 Å². The number of benzene rings is 2. The van der Waals surface area contributed by atoms with E-state index in [2.05, 4.69) is 10.2 Å². The summed E-state index contributed by atoms with van der Waals surface area (Å²) >= 11 is 0. The van der Waals surface area contributed by atoms with Crippen molar-refractivity contribution in [2.24, 2.45) is 0 Å². The van der Waals surface area contributed by atoms with Crippen LogP contribution >= 0.6 is 0 Å². The maximum atomic E-state index is 13.3. The van der Waals surface area contributed by atoms with Gasteiger partial charge in [-0.1, -0.05) is 18.2 Å². The van der Waals surface area contributed by atoms with Crippen LogP contribution in [0.1, 0.15) is 18.4 Å². The molecule has 4 rings (SSSR count). The summed E-state index contributed by atoms with van der Waals surface area (Å²) in [5, 5.41) is 2.66. The van der Waals surface area contributed by atoms with Crippen molar-refractivity contribution in [2.45, 2.75) is 25.1 Å². The SMILES string of the molecule is O=C(Nc1ccc(C(F)(F)F)cc1)N1CCC(N(C(=O)CN2CCOCC2)c2ccccc2)CC1. The molecule has 0 aliphatic carbocycles. The standard InChI is InChI=1S/C25H29F3N4O3/c26-25(27,28)19-6-8-20(9-7-19)29-24(34)31-12-10-22(11-13-31)32(21-4-2-1-3-5-21)23(33)18-30-14-16-35-17-15-30/h1-9,22H,10-18H2,(H,29,34). The first-order valence-electron chi connectivity index (χ1n) is 11.7. The van der Waals surface area contributed by atoms with Crippen LogP contribution in [0.5, 0.6) is 0 Å². The van der Waals surface area contributed by atoms with Crippen LogP contribution in [0.4, 0.5) is 29.3 Å². The molecule has 0 saturated carbocycles. The summed E-state index contributed by atoms with van der Waals surface area (Å²) in [7, 11) is 0. The Hall–Kier alpha value is -3.11. The van der Waals surface area contributed by atoms with E-state index in [1.807, 2.05) is 35.2 Å². The van der Waals surface area contributed by atoms with Gasteiger partial charge in [-0.3, -0.25) is 9.69 Å². The normalized spacial score (nSPS) is 17.7. The molecule has 2 aromatic carbocycles. The first-order valence-corrected chi connectivity index (χ1v) is 11.7. The van der Waals surface area contributed by atoms with E-state index in [1.54, 1.807) is 4.90 Å². The van der Waals surface area contributed by atoms with E-state index in [4.69, 9.17) is 4.74 Å². The molecule has 3 amide bonds. The Balaban J connectivity index is 1.37. The molecule has 2 aromatic rings. The molecule has 35 heavy (non-hydrogen) atoms. The predicted molar refractivity (Wildman–Crippen MR) is 126 cm³/mol. The lowest BCUT2D eigenvalue weighted by molar-refractivity contribution is -0.137. The molecule has 2 saturated heterocycles. The van der Waals surface area contributed by atoms with E-state index in [9.17, 15) is 22.8 Å². The molecule has 0 radical (unpaired) electrons. The van der Waals surface area contributed by atoms with Crippen molar-refractivity contribution in [2.75, 3.05) is 56.2 Å². The summed E-state index contributed by atoms with van der Waals surface area (Å²) in [4.78, 5) is 31.6. The summed E-state index contributed by atoms with van der Waals surface area (Å²) in [5.41, 5.74) is 0.370. The van der Waals surface area contributed by atoms with Crippen LogP contribution in [0, 0.1) is 0 Å². The number of nitrogens with zero attached hydrogens (tertiary/aromatic N) is 3. The van der Waals surface area contributed by atoms with Crippen molar-refractivity contribution in [3.63, 3.8) is 0 Å². The lowest BCUT2D eigenvalue weighted by atomic mass is 10.0. The number of piperidine rings is 1. The van der Waals surface area contributed by atoms with Crippen LogP contribution in [-0.2, 0) is 15.7 Å². The Labute approximate surface area is 202 Å². The number of anilines is 2. The van der Waals surface area contributed by atoms with Crippen LogP contribution < -0.4 is 10.2 Å². The third-order valence-electron chi connectivity index (χ3n) is 6.35. The highest BCUT2D eigenvalue weighted by atomic mass is 19.4. The minimum absolute atomic E-state index is 0.0192. The van der Waals surface area contributed by atoms with Crippen molar-refractivity contribution in [1.82, 2.24) is 9.80 Å². The Morgan fingerprint density at radius 1 is 0.943 bits per heavy atom.